The summed E-state index contributed by atoms with van der Waals surface area (Å²) in [6.07, 6.45) is 1.000. The first kappa shape index (κ1) is 24.2. The van der Waals surface area contributed by atoms with E-state index in [1.54, 1.807) is 27.7 Å². The Bertz CT molecular complexity index is 599. The van der Waals surface area contributed by atoms with Gasteiger partial charge in [0.1, 0.15) is 18.1 Å². The van der Waals surface area contributed by atoms with Crippen molar-refractivity contribution in [3.05, 3.63) is 0 Å². The first-order chi connectivity index (χ1) is 13.0. The van der Waals surface area contributed by atoms with Crippen LogP contribution in [0.3, 0.4) is 0 Å². The third kappa shape index (κ3) is 6.10. The normalized spacial score (nSPS) is 20.0. The lowest BCUT2D eigenvalue weighted by molar-refractivity contribution is -0.150. The van der Waals surface area contributed by atoms with E-state index < -0.39 is 47.9 Å². The molecule has 1 fully saturated rings. The Morgan fingerprint density at radius 3 is 2.07 bits per heavy atom. The molecule has 0 spiro atoms. The molecule has 3 amide bonds. The van der Waals surface area contributed by atoms with Gasteiger partial charge < -0.3 is 26.4 Å². The molecular weight excluding hydrogens is 384 g/mol. The van der Waals surface area contributed by atoms with Gasteiger partial charge in [0.2, 0.25) is 17.7 Å². The number of aliphatic carboxylic acids is 1. The molecule has 1 heterocycles. The maximum atomic E-state index is 12.9. The highest BCUT2D eigenvalue weighted by atomic mass is 32.1. The number of nitrogens with one attached hydrogen (secondary N) is 2. The molecule has 0 bridgehead atoms. The number of carbonyl (C=O) groups excluding carboxylic acids is 3. The largest absolute Gasteiger partial charge is 0.480 e. The van der Waals surface area contributed by atoms with Crippen LogP contribution in [0, 0.1) is 11.8 Å². The number of carboxylic acid groups (broad SMARTS) is 1. The van der Waals surface area contributed by atoms with Gasteiger partial charge in [0.15, 0.2) is 0 Å². The average Bonchev–Trinajstić information content (AvgIpc) is 3.11. The Hall–Kier alpha value is -1.81. The zero-order chi connectivity index (χ0) is 21.6. The standard InChI is InChI=1S/C18H32N4O5S/c1-9(2)13(20-15(23)11(19)8-28)16(24)21-14(10(3)4)17(25)22-7-5-6-12(22)18(26)27/h9-14,28H,5-8,19H2,1-4H3,(H,20,23)(H,21,24)(H,26,27). The van der Waals surface area contributed by atoms with Crippen LogP contribution in [0.1, 0.15) is 40.5 Å². The van der Waals surface area contributed by atoms with Crippen molar-refractivity contribution in [3.63, 3.8) is 0 Å². The number of carbonyl (C=O) groups is 4. The SMILES string of the molecule is CC(C)C(NC(=O)C(N)CS)C(=O)NC(C(=O)N1CCCC1C(=O)O)C(C)C. The van der Waals surface area contributed by atoms with Crippen LogP contribution in [0.4, 0.5) is 0 Å². The maximum Gasteiger partial charge on any atom is 0.326 e. The first-order valence-corrected chi connectivity index (χ1v) is 10.1. The lowest BCUT2D eigenvalue weighted by atomic mass is 9.98. The summed E-state index contributed by atoms with van der Waals surface area (Å²) in [4.78, 5) is 50.5. The van der Waals surface area contributed by atoms with Crippen LogP contribution in [-0.2, 0) is 19.2 Å². The molecule has 5 N–H and O–H groups in total. The van der Waals surface area contributed by atoms with Gasteiger partial charge in [-0.1, -0.05) is 27.7 Å². The van der Waals surface area contributed by atoms with Gasteiger partial charge in [0.05, 0.1) is 6.04 Å². The zero-order valence-corrected chi connectivity index (χ0v) is 17.7. The summed E-state index contributed by atoms with van der Waals surface area (Å²) in [6.45, 7) is 7.42. The van der Waals surface area contributed by atoms with E-state index in [1.165, 1.54) is 4.90 Å². The van der Waals surface area contributed by atoms with E-state index in [1.807, 2.05) is 0 Å². The second-order valence-electron chi connectivity index (χ2n) is 7.78. The van der Waals surface area contributed by atoms with Crippen molar-refractivity contribution in [2.24, 2.45) is 17.6 Å². The minimum atomic E-state index is -1.05. The number of rotatable bonds is 9. The molecule has 1 aliphatic heterocycles. The molecule has 1 saturated heterocycles. The molecule has 1 aliphatic rings. The Balaban J connectivity index is 2.93. The summed E-state index contributed by atoms with van der Waals surface area (Å²) in [6, 6.07) is -3.48. The van der Waals surface area contributed by atoms with Gasteiger partial charge in [0.25, 0.3) is 0 Å². The van der Waals surface area contributed by atoms with Crippen LogP contribution in [0.2, 0.25) is 0 Å². The van der Waals surface area contributed by atoms with Crippen molar-refractivity contribution < 1.29 is 24.3 Å². The lowest BCUT2D eigenvalue weighted by Crippen LogP contribution is -2.59. The van der Waals surface area contributed by atoms with Crippen LogP contribution in [0.15, 0.2) is 0 Å². The third-order valence-electron chi connectivity index (χ3n) is 4.83. The molecule has 28 heavy (non-hydrogen) atoms. The third-order valence-corrected chi connectivity index (χ3v) is 5.23. The molecule has 0 aromatic carbocycles. The fraction of sp³-hybridized carbons (Fsp3) is 0.778. The van der Waals surface area contributed by atoms with Gasteiger partial charge in [-0.15, -0.1) is 0 Å². The summed E-state index contributed by atoms with van der Waals surface area (Å²) < 4.78 is 0. The zero-order valence-electron chi connectivity index (χ0n) is 16.8. The number of thiol groups is 1. The fourth-order valence-electron chi connectivity index (χ4n) is 3.10. The van der Waals surface area contributed by atoms with Crippen molar-refractivity contribution >= 4 is 36.3 Å². The van der Waals surface area contributed by atoms with E-state index in [0.717, 1.165) is 0 Å². The summed E-state index contributed by atoms with van der Waals surface area (Å²) in [7, 11) is 0. The molecule has 9 nitrogen and oxygen atoms in total. The van der Waals surface area contributed by atoms with E-state index in [-0.39, 0.29) is 17.6 Å². The topological polar surface area (TPSA) is 142 Å². The molecule has 160 valence electrons. The molecule has 0 radical (unpaired) electrons. The second-order valence-corrected chi connectivity index (χ2v) is 8.14. The van der Waals surface area contributed by atoms with E-state index in [9.17, 15) is 24.3 Å². The Morgan fingerprint density at radius 1 is 1.07 bits per heavy atom. The minimum absolute atomic E-state index is 0.136. The smallest absolute Gasteiger partial charge is 0.326 e. The average molecular weight is 417 g/mol. The van der Waals surface area contributed by atoms with Crippen LogP contribution in [0.25, 0.3) is 0 Å². The molecular formula is C18H32N4O5S. The Kier molecular flexibility index (Phi) is 9.22. The Labute approximate surface area is 171 Å². The van der Waals surface area contributed by atoms with E-state index in [0.29, 0.717) is 19.4 Å². The number of likely N-dealkylation sites (tertiary alicyclic amines) is 1. The molecule has 0 saturated carbocycles. The molecule has 0 aliphatic carbocycles. The summed E-state index contributed by atoms with van der Waals surface area (Å²) in [5, 5.41) is 14.6. The fourth-order valence-corrected chi connectivity index (χ4v) is 3.27. The quantitative estimate of drug-likeness (QED) is 0.324. The Morgan fingerprint density at radius 2 is 1.61 bits per heavy atom. The minimum Gasteiger partial charge on any atom is -0.480 e. The highest BCUT2D eigenvalue weighted by Gasteiger charge is 2.39. The van der Waals surface area contributed by atoms with Crippen LogP contribution in [0.5, 0.6) is 0 Å². The summed E-state index contributed by atoms with van der Waals surface area (Å²) in [5.41, 5.74) is 5.65. The summed E-state index contributed by atoms with van der Waals surface area (Å²) in [5.74, 6) is -2.83. The lowest BCUT2D eigenvalue weighted by Gasteiger charge is -2.31. The van der Waals surface area contributed by atoms with Gasteiger partial charge in [-0.3, -0.25) is 14.4 Å². The monoisotopic (exact) mass is 416 g/mol. The number of hydrogen-bond donors (Lipinski definition) is 5. The van der Waals surface area contributed by atoms with E-state index in [4.69, 9.17) is 5.73 Å². The predicted octanol–water partition coefficient (Wildman–Crippen LogP) is -0.399. The van der Waals surface area contributed by atoms with Crippen LogP contribution < -0.4 is 16.4 Å². The van der Waals surface area contributed by atoms with Crippen molar-refractivity contribution in [3.8, 4) is 0 Å². The molecule has 4 unspecified atom stereocenters. The van der Waals surface area contributed by atoms with E-state index >= 15 is 0 Å². The number of hydrogen-bond acceptors (Lipinski definition) is 6. The molecule has 0 aromatic heterocycles. The van der Waals surface area contributed by atoms with Crippen LogP contribution in [-0.4, -0.2) is 70.2 Å². The maximum absolute atomic E-state index is 12.9. The van der Waals surface area contributed by atoms with Gasteiger partial charge in [-0.25, -0.2) is 4.79 Å². The highest BCUT2D eigenvalue weighted by molar-refractivity contribution is 7.80. The number of nitrogens with zero attached hydrogens (tertiary/aromatic N) is 1. The number of amides is 3. The van der Waals surface area contributed by atoms with Crippen molar-refractivity contribution in [1.82, 2.24) is 15.5 Å². The van der Waals surface area contributed by atoms with Crippen molar-refractivity contribution in [2.75, 3.05) is 12.3 Å². The van der Waals surface area contributed by atoms with Crippen molar-refractivity contribution in [2.45, 2.75) is 64.7 Å². The highest BCUT2D eigenvalue weighted by Crippen LogP contribution is 2.20. The van der Waals surface area contributed by atoms with Crippen molar-refractivity contribution in [1.29, 1.82) is 0 Å². The molecule has 10 heteroatoms. The second kappa shape index (κ2) is 10.7. The van der Waals surface area contributed by atoms with Gasteiger partial charge in [0, 0.05) is 12.3 Å². The first-order valence-electron chi connectivity index (χ1n) is 9.51. The molecule has 4 atom stereocenters. The number of carboxylic acids is 1. The van der Waals surface area contributed by atoms with Gasteiger partial charge in [-0.05, 0) is 24.7 Å². The molecule has 1 rings (SSSR count). The van der Waals surface area contributed by atoms with Crippen LogP contribution >= 0.6 is 12.6 Å². The molecule has 0 aromatic rings. The number of nitrogens with two attached hydrogens (primary N) is 1. The predicted molar refractivity (Wildman–Crippen MR) is 108 cm³/mol. The van der Waals surface area contributed by atoms with Gasteiger partial charge >= 0.3 is 5.97 Å². The van der Waals surface area contributed by atoms with E-state index in [2.05, 4.69) is 23.3 Å². The summed E-state index contributed by atoms with van der Waals surface area (Å²) >= 11 is 3.98. The van der Waals surface area contributed by atoms with Gasteiger partial charge in [-0.2, -0.15) is 12.6 Å².